The highest BCUT2D eigenvalue weighted by Crippen LogP contribution is 2.38. The minimum Gasteiger partial charge on any atom is -0.469 e. The average molecular weight is 252 g/mol. The Morgan fingerprint density at radius 2 is 2.06 bits per heavy atom. The van der Waals surface area contributed by atoms with Gasteiger partial charge in [0.15, 0.2) is 0 Å². The Hall–Kier alpha value is -1.42. The van der Waals surface area contributed by atoms with E-state index in [1.165, 1.54) is 19.2 Å². The van der Waals surface area contributed by atoms with Gasteiger partial charge in [0, 0.05) is 5.41 Å². The second kappa shape index (κ2) is 5.06. The highest BCUT2D eigenvalue weighted by atomic mass is 19.1. The third kappa shape index (κ3) is 2.70. The maximum Gasteiger partial charge on any atom is 0.313 e. The molecule has 98 valence electrons. The summed E-state index contributed by atoms with van der Waals surface area (Å²) >= 11 is 0. The van der Waals surface area contributed by atoms with Gasteiger partial charge < -0.3 is 9.47 Å². The van der Waals surface area contributed by atoms with Gasteiger partial charge in [0.05, 0.1) is 26.2 Å². The number of carbonyl (C=O) groups is 1. The van der Waals surface area contributed by atoms with Crippen LogP contribution in [0.2, 0.25) is 0 Å². The molecule has 1 unspecified atom stereocenters. The number of hydrogen-bond donors (Lipinski definition) is 0. The van der Waals surface area contributed by atoms with Gasteiger partial charge in [-0.15, -0.1) is 0 Å². The molecule has 1 heterocycles. The van der Waals surface area contributed by atoms with Gasteiger partial charge in [0.2, 0.25) is 0 Å². The van der Waals surface area contributed by atoms with Crippen molar-refractivity contribution < 1.29 is 18.7 Å². The van der Waals surface area contributed by atoms with Crippen LogP contribution in [0.1, 0.15) is 24.8 Å². The predicted molar refractivity (Wildman–Crippen MR) is 64.7 cm³/mol. The molecule has 1 atom stereocenters. The van der Waals surface area contributed by atoms with Gasteiger partial charge in [0.1, 0.15) is 5.82 Å². The third-order valence-electron chi connectivity index (χ3n) is 3.36. The molecule has 1 aromatic carbocycles. The largest absolute Gasteiger partial charge is 0.469 e. The molecule has 18 heavy (non-hydrogen) atoms. The minimum atomic E-state index is -0.357. The van der Waals surface area contributed by atoms with Gasteiger partial charge in [-0.2, -0.15) is 0 Å². The number of methoxy groups -OCH3 is 1. The molecule has 0 saturated carbocycles. The lowest BCUT2D eigenvalue weighted by Crippen LogP contribution is -2.42. The summed E-state index contributed by atoms with van der Waals surface area (Å²) in [6.45, 7) is 3.39. The topological polar surface area (TPSA) is 35.5 Å². The summed E-state index contributed by atoms with van der Waals surface area (Å²) in [5, 5.41) is 0. The summed E-state index contributed by atoms with van der Waals surface area (Å²) in [6, 6.07) is 6.01. The molecule has 0 aromatic heterocycles. The molecule has 1 aliphatic heterocycles. The van der Waals surface area contributed by atoms with Gasteiger partial charge in [-0.05, 0) is 24.1 Å². The molecule has 0 radical (unpaired) electrons. The van der Waals surface area contributed by atoms with Gasteiger partial charge in [-0.25, -0.2) is 4.39 Å². The second-order valence-electron chi connectivity index (χ2n) is 5.13. The summed E-state index contributed by atoms with van der Waals surface area (Å²) in [5.74, 6) is -0.945. The van der Waals surface area contributed by atoms with Crippen LogP contribution in [0, 0.1) is 11.2 Å². The number of halogens is 1. The number of rotatable bonds is 4. The molecule has 2 rings (SSSR count). The van der Waals surface area contributed by atoms with E-state index in [-0.39, 0.29) is 23.1 Å². The van der Waals surface area contributed by atoms with Crippen molar-refractivity contribution in [3.8, 4) is 0 Å². The van der Waals surface area contributed by atoms with Crippen molar-refractivity contribution in [3.05, 3.63) is 35.6 Å². The molecular weight excluding hydrogens is 235 g/mol. The summed E-state index contributed by atoms with van der Waals surface area (Å²) < 4.78 is 22.9. The molecule has 0 bridgehead atoms. The van der Waals surface area contributed by atoms with Crippen LogP contribution in [0.15, 0.2) is 24.3 Å². The first-order valence-electron chi connectivity index (χ1n) is 5.95. The first-order chi connectivity index (χ1) is 8.54. The van der Waals surface area contributed by atoms with Gasteiger partial charge in [-0.3, -0.25) is 4.79 Å². The van der Waals surface area contributed by atoms with Crippen molar-refractivity contribution in [1.29, 1.82) is 0 Å². The van der Waals surface area contributed by atoms with E-state index in [1.54, 1.807) is 12.1 Å². The Bertz CT molecular complexity index is 423. The first kappa shape index (κ1) is 13.0. The first-order valence-corrected chi connectivity index (χ1v) is 5.95. The molecule has 4 heteroatoms. The van der Waals surface area contributed by atoms with Crippen LogP contribution in [0.4, 0.5) is 4.39 Å². The highest BCUT2D eigenvalue weighted by molar-refractivity contribution is 5.78. The van der Waals surface area contributed by atoms with E-state index in [9.17, 15) is 9.18 Å². The fraction of sp³-hybridized carbons (Fsp3) is 0.500. The van der Waals surface area contributed by atoms with E-state index in [0.717, 1.165) is 5.56 Å². The van der Waals surface area contributed by atoms with Crippen molar-refractivity contribution in [3.63, 3.8) is 0 Å². The quantitative estimate of drug-likeness (QED) is 0.772. The Labute approximate surface area is 106 Å². The normalized spacial score (nSPS) is 18.8. The lowest BCUT2D eigenvalue weighted by Gasteiger charge is -2.40. The zero-order valence-electron chi connectivity index (χ0n) is 10.6. The van der Waals surface area contributed by atoms with E-state index in [4.69, 9.17) is 9.47 Å². The lowest BCUT2D eigenvalue weighted by atomic mass is 9.77. The van der Waals surface area contributed by atoms with Crippen LogP contribution in [-0.4, -0.2) is 26.3 Å². The fourth-order valence-electron chi connectivity index (χ4n) is 2.24. The minimum absolute atomic E-state index is 0.00719. The standard InChI is InChI=1S/C14H17FO3/c1-14(8-18-9-14)7-12(13(16)17-2)10-3-5-11(15)6-4-10/h3-6,12H,7-9H2,1-2H3. The molecule has 1 fully saturated rings. The van der Waals surface area contributed by atoms with Crippen LogP contribution in [0.3, 0.4) is 0 Å². The molecule has 0 N–H and O–H groups in total. The van der Waals surface area contributed by atoms with E-state index >= 15 is 0 Å². The molecule has 1 aliphatic rings. The molecule has 0 spiro atoms. The van der Waals surface area contributed by atoms with Crippen molar-refractivity contribution in [1.82, 2.24) is 0 Å². The highest BCUT2D eigenvalue weighted by Gasteiger charge is 2.38. The van der Waals surface area contributed by atoms with Crippen molar-refractivity contribution >= 4 is 5.97 Å². The van der Waals surface area contributed by atoms with Gasteiger partial charge >= 0.3 is 5.97 Å². The molecule has 1 saturated heterocycles. The molecule has 0 aliphatic carbocycles. The molecule has 3 nitrogen and oxygen atoms in total. The van der Waals surface area contributed by atoms with Crippen LogP contribution in [-0.2, 0) is 14.3 Å². The number of carbonyl (C=O) groups excluding carboxylic acids is 1. The smallest absolute Gasteiger partial charge is 0.313 e. The van der Waals surface area contributed by atoms with E-state index in [0.29, 0.717) is 19.6 Å². The Morgan fingerprint density at radius 1 is 1.44 bits per heavy atom. The van der Waals surface area contributed by atoms with Gasteiger partial charge in [-0.1, -0.05) is 19.1 Å². The van der Waals surface area contributed by atoms with Crippen LogP contribution in [0.25, 0.3) is 0 Å². The van der Waals surface area contributed by atoms with Gasteiger partial charge in [0.25, 0.3) is 0 Å². The van der Waals surface area contributed by atoms with E-state index in [1.807, 2.05) is 0 Å². The summed E-state index contributed by atoms with van der Waals surface area (Å²) in [7, 11) is 1.37. The monoisotopic (exact) mass is 252 g/mol. The summed E-state index contributed by atoms with van der Waals surface area (Å²) in [6.07, 6.45) is 0.658. The third-order valence-corrected chi connectivity index (χ3v) is 3.36. The van der Waals surface area contributed by atoms with Crippen molar-refractivity contribution in [2.24, 2.45) is 5.41 Å². The number of benzene rings is 1. The SMILES string of the molecule is COC(=O)C(CC1(C)COC1)c1ccc(F)cc1. The molecule has 0 amide bonds. The zero-order valence-corrected chi connectivity index (χ0v) is 10.6. The Morgan fingerprint density at radius 3 is 2.50 bits per heavy atom. The molecular formula is C14H17FO3. The Kier molecular flexibility index (Phi) is 3.66. The fourth-order valence-corrected chi connectivity index (χ4v) is 2.24. The average Bonchev–Trinajstić information content (AvgIpc) is 2.34. The summed E-state index contributed by atoms with van der Waals surface area (Å²) in [5.41, 5.74) is 0.795. The van der Waals surface area contributed by atoms with E-state index in [2.05, 4.69) is 6.92 Å². The van der Waals surface area contributed by atoms with Crippen molar-refractivity contribution in [2.45, 2.75) is 19.3 Å². The number of esters is 1. The lowest BCUT2D eigenvalue weighted by molar-refractivity contribution is -0.148. The zero-order chi connectivity index (χ0) is 13.2. The maximum atomic E-state index is 12.9. The van der Waals surface area contributed by atoms with Crippen LogP contribution < -0.4 is 0 Å². The van der Waals surface area contributed by atoms with Crippen LogP contribution >= 0.6 is 0 Å². The second-order valence-corrected chi connectivity index (χ2v) is 5.13. The van der Waals surface area contributed by atoms with Crippen molar-refractivity contribution in [2.75, 3.05) is 20.3 Å². The number of hydrogen-bond acceptors (Lipinski definition) is 3. The number of ether oxygens (including phenoxy) is 2. The van der Waals surface area contributed by atoms with E-state index < -0.39 is 0 Å². The molecule has 1 aromatic rings. The maximum absolute atomic E-state index is 12.9. The predicted octanol–water partition coefficient (Wildman–Crippen LogP) is 2.51. The summed E-state index contributed by atoms with van der Waals surface area (Å²) in [4.78, 5) is 11.9. The Balaban J connectivity index is 2.19. The van der Waals surface area contributed by atoms with Crippen LogP contribution in [0.5, 0.6) is 0 Å².